The van der Waals surface area contributed by atoms with Gasteiger partial charge in [0.05, 0.1) is 54.5 Å². The van der Waals surface area contributed by atoms with Gasteiger partial charge in [-0.15, -0.1) is 0 Å². The number of aliphatic hydroxyl groups is 1. The summed E-state index contributed by atoms with van der Waals surface area (Å²) in [6, 6.07) is 5.36. The second-order valence-corrected chi connectivity index (χ2v) is 14.3. The molecular formula is C33H45N7O6S. The van der Waals surface area contributed by atoms with E-state index in [9.17, 15) is 13.2 Å². The van der Waals surface area contributed by atoms with E-state index in [4.69, 9.17) is 14.6 Å². The fraction of sp³-hybridized carbons (Fsp3) is 0.485. The molecular weight excluding hydrogens is 622 g/mol. The molecule has 254 valence electrons. The van der Waals surface area contributed by atoms with Crippen molar-refractivity contribution in [3.8, 4) is 5.88 Å². The lowest BCUT2D eigenvalue weighted by molar-refractivity contribution is 0.0503. The topological polar surface area (TPSA) is 169 Å². The molecule has 1 aromatic carbocycles. The predicted molar refractivity (Wildman–Crippen MR) is 180 cm³/mol. The summed E-state index contributed by atoms with van der Waals surface area (Å²) >= 11 is 0. The minimum Gasteiger partial charge on any atom is -0.475 e. The zero-order chi connectivity index (χ0) is 34.2. The first kappa shape index (κ1) is 35.7. The number of anilines is 2. The van der Waals surface area contributed by atoms with Crippen molar-refractivity contribution < 1.29 is 27.8 Å². The van der Waals surface area contributed by atoms with Crippen molar-refractivity contribution in [2.45, 2.75) is 71.4 Å². The number of benzene rings is 1. The zero-order valence-electron chi connectivity index (χ0n) is 27.7. The van der Waals surface area contributed by atoms with Crippen LogP contribution < -0.4 is 14.8 Å². The lowest BCUT2D eigenvalue weighted by Gasteiger charge is -2.35. The number of allylic oxidation sites excluding steroid dienone is 1. The maximum absolute atomic E-state index is 14.3. The normalized spacial score (nSPS) is 16.3. The molecule has 0 saturated heterocycles. The molecule has 0 unspecified atom stereocenters. The molecule has 1 amide bonds. The van der Waals surface area contributed by atoms with Gasteiger partial charge in [0.25, 0.3) is 15.9 Å². The number of sulfonamides is 1. The van der Waals surface area contributed by atoms with Gasteiger partial charge in [0.15, 0.2) is 0 Å². The smallest absolute Gasteiger partial charge is 0.264 e. The number of nitrogens with one attached hydrogen (secondary N) is 2. The van der Waals surface area contributed by atoms with Crippen LogP contribution in [0, 0.1) is 5.41 Å². The summed E-state index contributed by atoms with van der Waals surface area (Å²) in [6.45, 7) is 15.4. The number of hydrogen-bond acceptors (Lipinski definition) is 11. The monoisotopic (exact) mass is 667 g/mol. The molecule has 0 radical (unpaired) electrons. The van der Waals surface area contributed by atoms with E-state index in [0.717, 1.165) is 6.42 Å². The molecule has 1 aliphatic heterocycles. The standard InChI is InChI=1S/C33H45N7O6S/c1-7-14-45-15-11-27-29(22(2)3)37-32-38-30(27)46-21-25(17-33(4,5)6)40(20-28-35-18-24(19-36-28)34-12-13-41)31(42)23-9-8-10-26(16-23)47(43,44)39-32/h8-10,16,18-19,25,34,41H,2,7,11-15,17,20-21H2,1,3-6H3,(H,37,38,39)/t25-/m1/s1. The van der Waals surface area contributed by atoms with Crippen molar-refractivity contribution in [3.05, 3.63) is 65.9 Å². The van der Waals surface area contributed by atoms with Crippen LogP contribution >= 0.6 is 0 Å². The van der Waals surface area contributed by atoms with Crippen molar-refractivity contribution in [2.75, 3.05) is 43.0 Å². The lowest BCUT2D eigenvalue weighted by atomic mass is 9.87. The molecule has 2 aromatic heterocycles. The highest BCUT2D eigenvalue weighted by Gasteiger charge is 2.32. The number of hydrogen-bond donors (Lipinski definition) is 3. The van der Waals surface area contributed by atoms with Crippen LogP contribution in [0.5, 0.6) is 5.88 Å². The summed E-state index contributed by atoms with van der Waals surface area (Å²) < 4.78 is 41.8. The first-order valence-corrected chi connectivity index (χ1v) is 17.2. The fourth-order valence-corrected chi connectivity index (χ4v) is 6.15. The number of amides is 1. The Balaban J connectivity index is 1.85. The van der Waals surface area contributed by atoms with Gasteiger partial charge < -0.3 is 24.8 Å². The Morgan fingerprint density at radius 1 is 1.21 bits per heavy atom. The number of carbonyl (C=O) groups excluding carboxylic acids is 1. The van der Waals surface area contributed by atoms with Crippen LogP contribution in [-0.2, 0) is 27.7 Å². The molecule has 4 bridgehead atoms. The van der Waals surface area contributed by atoms with Gasteiger partial charge in [-0.1, -0.05) is 40.3 Å². The maximum Gasteiger partial charge on any atom is 0.264 e. The average molecular weight is 668 g/mol. The average Bonchev–Trinajstić information content (AvgIpc) is 3.02. The summed E-state index contributed by atoms with van der Waals surface area (Å²) in [5, 5.41) is 12.1. The zero-order valence-corrected chi connectivity index (χ0v) is 28.6. The second-order valence-electron chi connectivity index (χ2n) is 12.7. The number of ether oxygens (including phenoxy) is 2. The number of carbonyl (C=O) groups is 1. The van der Waals surface area contributed by atoms with E-state index in [1.165, 1.54) is 18.2 Å². The molecule has 0 fully saturated rings. The molecule has 3 N–H and O–H groups in total. The third kappa shape index (κ3) is 9.69. The third-order valence-corrected chi connectivity index (χ3v) is 8.58. The Bertz CT molecular complexity index is 1660. The van der Waals surface area contributed by atoms with Crippen LogP contribution in [0.4, 0.5) is 11.6 Å². The number of aliphatic hydroxyl groups excluding tert-OH is 1. The Hall–Kier alpha value is -4.14. The molecule has 0 spiro atoms. The Morgan fingerprint density at radius 3 is 2.62 bits per heavy atom. The van der Waals surface area contributed by atoms with Crippen LogP contribution in [0.25, 0.3) is 5.57 Å². The van der Waals surface area contributed by atoms with Gasteiger partial charge in [-0.3, -0.25) is 4.79 Å². The first-order chi connectivity index (χ1) is 22.3. The minimum absolute atomic E-state index is 0.0300. The summed E-state index contributed by atoms with van der Waals surface area (Å²) in [6.07, 6.45) is 4.98. The molecule has 0 saturated carbocycles. The number of fused-ring (bicyclic) bond motifs is 4. The van der Waals surface area contributed by atoms with Crippen LogP contribution in [0.3, 0.4) is 0 Å². The van der Waals surface area contributed by atoms with Crippen LogP contribution in [0.2, 0.25) is 0 Å². The summed E-state index contributed by atoms with van der Waals surface area (Å²) in [4.78, 5) is 33.8. The van der Waals surface area contributed by atoms with Gasteiger partial charge in [-0.05, 0) is 49.0 Å². The Morgan fingerprint density at radius 2 is 1.96 bits per heavy atom. The molecule has 3 heterocycles. The Kier molecular flexibility index (Phi) is 11.9. The molecule has 1 atom stereocenters. The quantitative estimate of drug-likeness (QED) is 0.235. The van der Waals surface area contributed by atoms with E-state index in [1.807, 2.05) is 6.92 Å². The number of aromatic nitrogens is 4. The highest BCUT2D eigenvalue weighted by Crippen LogP contribution is 2.31. The minimum atomic E-state index is -4.20. The summed E-state index contributed by atoms with van der Waals surface area (Å²) in [5.41, 5.74) is 2.27. The van der Waals surface area contributed by atoms with Crippen LogP contribution in [-0.4, -0.2) is 83.3 Å². The van der Waals surface area contributed by atoms with E-state index >= 15 is 0 Å². The molecule has 4 rings (SSSR count). The second kappa shape index (κ2) is 15.6. The van der Waals surface area contributed by atoms with E-state index in [-0.39, 0.29) is 47.5 Å². The molecule has 14 heteroatoms. The maximum atomic E-state index is 14.3. The third-order valence-electron chi connectivity index (χ3n) is 7.26. The first-order valence-electron chi connectivity index (χ1n) is 15.7. The molecule has 3 aromatic rings. The van der Waals surface area contributed by atoms with Gasteiger partial charge in [0.2, 0.25) is 11.8 Å². The van der Waals surface area contributed by atoms with Gasteiger partial charge in [0, 0.05) is 30.7 Å². The Labute approximate surface area is 276 Å². The predicted octanol–water partition coefficient (Wildman–Crippen LogP) is 4.31. The van der Waals surface area contributed by atoms with Crippen molar-refractivity contribution in [2.24, 2.45) is 5.41 Å². The summed E-state index contributed by atoms with van der Waals surface area (Å²) in [7, 11) is -4.20. The van der Waals surface area contributed by atoms with Gasteiger partial charge in [0.1, 0.15) is 12.4 Å². The van der Waals surface area contributed by atoms with Crippen molar-refractivity contribution in [1.82, 2.24) is 24.8 Å². The fourth-order valence-electron chi connectivity index (χ4n) is 5.16. The summed E-state index contributed by atoms with van der Waals surface area (Å²) in [5.74, 6) is -0.00796. The van der Waals surface area contributed by atoms with Crippen molar-refractivity contribution in [1.29, 1.82) is 0 Å². The van der Waals surface area contributed by atoms with E-state index in [2.05, 4.69) is 57.3 Å². The molecule has 47 heavy (non-hydrogen) atoms. The van der Waals surface area contributed by atoms with Crippen molar-refractivity contribution in [3.63, 3.8) is 0 Å². The molecule has 13 nitrogen and oxygen atoms in total. The highest BCUT2D eigenvalue weighted by atomic mass is 32.2. The van der Waals surface area contributed by atoms with E-state index < -0.39 is 22.0 Å². The van der Waals surface area contributed by atoms with Crippen LogP contribution in [0.15, 0.2) is 48.1 Å². The molecule has 1 aliphatic rings. The van der Waals surface area contributed by atoms with E-state index in [1.54, 1.807) is 30.3 Å². The molecule has 0 aliphatic carbocycles. The number of nitrogens with zero attached hydrogens (tertiary/aromatic N) is 5. The lowest BCUT2D eigenvalue weighted by Crippen LogP contribution is -2.45. The largest absolute Gasteiger partial charge is 0.475 e. The van der Waals surface area contributed by atoms with Gasteiger partial charge in [-0.2, -0.15) is 4.98 Å². The van der Waals surface area contributed by atoms with Crippen molar-refractivity contribution >= 4 is 33.1 Å². The number of rotatable bonds is 12. The van der Waals surface area contributed by atoms with Gasteiger partial charge >= 0.3 is 0 Å². The SMILES string of the molecule is C=C(C)c1nc2nc(c1CCOCCC)OC[C@@H](CC(C)(C)C)N(Cc1ncc(NCCO)cn1)C(=O)c1cccc(c1)S(=O)(=O)N2. The van der Waals surface area contributed by atoms with Crippen LogP contribution in [0.1, 0.15) is 74.9 Å². The van der Waals surface area contributed by atoms with Gasteiger partial charge in [-0.25, -0.2) is 28.1 Å². The highest BCUT2D eigenvalue weighted by molar-refractivity contribution is 7.92. The van der Waals surface area contributed by atoms with E-state index in [0.29, 0.717) is 60.9 Å².